The van der Waals surface area contributed by atoms with Crippen molar-refractivity contribution in [2.45, 2.75) is 25.8 Å². The molecule has 17 heavy (non-hydrogen) atoms. The maximum Gasteiger partial charge on any atom is 0.0568 e. The van der Waals surface area contributed by atoms with E-state index in [4.69, 9.17) is 11.6 Å². The van der Waals surface area contributed by atoms with Crippen LogP contribution < -0.4 is 10.2 Å². The van der Waals surface area contributed by atoms with Gasteiger partial charge in [-0.25, -0.2) is 0 Å². The summed E-state index contributed by atoms with van der Waals surface area (Å²) in [5, 5.41) is 4.30. The number of rotatable bonds is 3. The minimum absolute atomic E-state index is 0.683. The molecule has 0 unspecified atom stereocenters. The van der Waals surface area contributed by atoms with Gasteiger partial charge in [0.2, 0.25) is 0 Å². The van der Waals surface area contributed by atoms with E-state index in [2.05, 4.69) is 39.1 Å². The van der Waals surface area contributed by atoms with E-state index < -0.39 is 0 Å². The summed E-state index contributed by atoms with van der Waals surface area (Å²) in [6, 6.07) is 6.87. The average Bonchev–Trinajstić information content (AvgIpc) is 2.34. The Morgan fingerprint density at radius 3 is 2.71 bits per heavy atom. The van der Waals surface area contributed by atoms with Gasteiger partial charge >= 0.3 is 0 Å². The fourth-order valence-electron chi connectivity index (χ4n) is 2.31. The maximum absolute atomic E-state index is 6.13. The molecule has 0 amide bonds. The van der Waals surface area contributed by atoms with Crippen LogP contribution in [0, 0.1) is 0 Å². The molecule has 0 bridgehead atoms. The van der Waals surface area contributed by atoms with Gasteiger partial charge in [0.05, 0.1) is 5.02 Å². The molecule has 2 nitrogen and oxygen atoms in total. The van der Waals surface area contributed by atoms with E-state index in [0.717, 1.165) is 29.1 Å². The molecule has 0 atom stereocenters. The van der Waals surface area contributed by atoms with Crippen molar-refractivity contribution in [3.8, 4) is 0 Å². The van der Waals surface area contributed by atoms with Crippen molar-refractivity contribution in [1.29, 1.82) is 0 Å². The molecule has 1 aliphatic heterocycles. The number of benzene rings is 1. The molecular weight excluding hydrogens is 300 g/mol. The second-order valence-electron chi connectivity index (χ2n) is 4.42. The zero-order valence-corrected chi connectivity index (χ0v) is 12.4. The molecule has 1 aromatic carbocycles. The normalized spacial score (nSPS) is 17.5. The highest BCUT2D eigenvalue weighted by atomic mass is 79.9. The molecule has 1 fully saturated rings. The first kappa shape index (κ1) is 13.2. The zero-order valence-electron chi connectivity index (χ0n) is 10.0. The van der Waals surface area contributed by atoms with Gasteiger partial charge in [-0.15, -0.1) is 0 Å². The van der Waals surface area contributed by atoms with Crippen LogP contribution in [-0.2, 0) is 0 Å². The van der Waals surface area contributed by atoms with Crippen LogP contribution in [0.2, 0.25) is 5.02 Å². The first-order valence-electron chi connectivity index (χ1n) is 6.14. The van der Waals surface area contributed by atoms with Gasteiger partial charge in [0, 0.05) is 29.3 Å². The highest BCUT2D eigenvalue weighted by Crippen LogP contribution is 2.29. The van der Waals surface area contributed by atoms with E-state index in [1.807, 2.05) is 12.1 Å². The number of anilines is 1. The van der Waals surface area contributed by atoms with Crippen molar-refractivity contribution in [3.05, 3.63) is 27.7 Å². The molecule has 1 heterocycles. The fourth-order valence-corrected chi connectivity index (χ4v) is 2.73. The SMILES string of the molecule is CCNC1CCN(c2ccc(Br)c(Cl)c2)CC1. The van der Waals surface area contributed by atoms with Gasteiger partial charge in [0.15, 0.2) is 0 Å². The van der Waals surface area contributed by atoms with Crippen molar-refractivity contribution < 1.29 is 0 Å². The molecule has 0 radical (unpaired) electrons. The second kappa shape index (κ2) is 6.07. The lowest BCUT2D eigenvalue weighted by Gasteiger charge is -2.34. The zero-order chi connectivity index (χ0) is 12.3. The average molecular weight is 318 g/mol. The van der Waals surface area contributed by atoms with Crippen molar-refractivity contribution in [2.24, 2.45) is 0 Å². The van der Waals surface area contributed by atoms with Gasteiger partial charge in [-0.3, -0.25) is 0 Å². The molecule has 2 rings (SSSR count). The predicted octanol–water partition coefficient (Wildman–Crippen LogP) is 3.68. The molecule has 0 spiro atoms. The van der Waals surface area contributed by atoms with Crippen molar-refractivity contribution in [3.63, 3.8) is 0 Å². The Kier molecular flexibility index (Phi) is 4.71. The number of hydrogen-bond donors (Lipinski definition) is 1. The van der Waals surface area contributed by atoms with Gasteiger partial charge in [0.1, 0.15) is 0 Å². The lowest BCUT2D eigenvalue weighted by Crippen LogP contribution is -2.42. The highest BCUT2D eigenvalue weighted by Gasteiger charge is 2.18. The third-order valence-electron chi connectivity index (χ3n) is 3.26. The smallest absolute Gasteiger partial charge is 0.0568 e. The van der Waals surface area contributed by atoms with Gasteiger partial charge in [-0.1, -0.05) is 18.5 Å². The maximum atomic E-state index is 6.13. The molecular formula is C13H18BrClN2. The summed E-state index contributed by atoms with van der Waals surface area (Å²) in [4.78, 5) is 2.41. The number of nitrogens with one attached hydrogen (secondary N) is 1. The van der Waals surface area contributed by atoms with Crippen LogP contribution in [0.15, 0.2) is 22.7 Å². The van der Waals surface area contributed by atoms with E-state index >= 15 is 0 Å². The molecule has 0 aromatic heterocycles. The van der Waals surface area contributed by atoms with Crippen LogP contribution in [0.5, 0.6) is 0 Å². The monoisotopic (exact) mass is 316 g/mol. The summed E-state index contributed by atoms with van der Waals surface area (Å²) in [5.41, 5.74) is 1.23. The van der Waals surface area contributed by atoms with Crippen LogP contribution in [-0.4, -0.2) is 25.7 Å². The molecule has 94 valence electrons. The summed E-state index contributed by atoms with van der Waals surface area (Å²) in [5.74, 6) is 0. The Morgan fingerprint density at radius 1 is 1.41 bits per heavy atom. The second-order valence-corrected chi connectivity index (χ2v) is 5.68. The first-order valence-corrected chi connectivity index (χ1v) is 7.31. The molecule has 1 saturated heterocycles. The molecule has 4 heteroatoms. The summed E-state index contributed by atoms with van der Waals surface area (Å²) >= 11 is 9.55. The van der Waals surface area contributed by atoms with Crippen LogP contribution in [0.4, 0.5) is 5.69 Å². The molecule has 0 saturated carbocycles. The van der Waals surface area contributed by atoms with Gasteiger partial charge in [-0.2, -0.15) is 0 Å². The van der Waals surface area contributed by atoms with E-state index in [1.165, 1.54) is 18.5 Å². The minimum Gasteiger partial charge on any atom is -0.371 e. The molecule has 1 aromatic rings. The third-order valence-corrected chi connectivity index (χ3v) is 4.49. The first-order chi connectivity index (χ1) is 8.20. The highest BCUT2D eigenvalue weighted by molar-refractivity contribution is 9.10. The number of halogens is 2. The lowest BCUT2D eigenvalue weighted by molar-refractivity contribution is 0.424. The lowest BCUT2D eigenvalue weighted by atomic mass is 10.0. The van der Waals surface area contributed by atoms with Crippen LogP contribution in [0.25, 0.3) is 0 Å². The Labute approximate surface area is 116 Å². The van der Waals surface area contributed by atoms with E-state index in [9.17, 15) is 0 Å². The number of piperidine rings is 1. The van der Waals surface area contributed by atoms with E-state index in [0.29, 0.717) is 6.04 Å². The van der Waals surface area contributed by atoms with Crippen LogP contribution in [0.1, 0.15) is 19.8 Å². The van der Waals surface area contributed by atoms with Crippen LogP contribution >= 0.6 is 27.5 Å². The van der Waals surface area contributed by atoms with Crippen molar-refractivity contribution >= 4 is 33.2 Å². The van der Waals surface area contributed by atoms with Gasteiger partial charge < -0.3 is 10.2 Å². The topological polar surface area (TPSA) is 15.3 Å². The van der Waals surface area contributed by atoms with E-state index in [1.54, 1.807) is 0 Å². The molecule has 0 aliphatic carbocycles. The summed E-state index contributed by atoms with van der Waals surface area (Å²) < 4.78 is 0.963. The predicted molar refractivity (Wildman–Crippen MR) is 78.1 cm³/mol. The Balaban J connectivity index is 1.98. The van der Waals surface area contributed by atoms with E-state index in [-0.39, 0.29) is 0 Å². The molecule has 1 aliphatic rings. The fraction of sp³-hybridized carbons (Fsp3) is 0.538. The number of nitrogens with zero attached hydrogens (tertiary/aromatic N) is 1. The Morgan fingerprint density at radius 2 is 2.12 bits per heavy atom. The Bertz CT molecular complexity index is 376. The standard InChI is InChI=1S/C13H18BrClN2/c1-2-16-10-5-7-17(8-6-10)11-3-4-12(14)13(15)9-11/h3-4,9-10,16H,2,5-8H2,1H3. The number of hydrogen-bond acceptors (Lipinski definition) is 2. The summed E-state index contributed by atoms with van der Waals surface area (Å²) in [6.07, 6.45) is 2.42. The summed E-state index contributed by atoms with van der Waals surface area (Å²) in [7, 11) is 0. The van der Waals surface area contributed by atoms with Gasteiger partial charge in [0.25, 0.3) is 0 Å². The summed E-state index contributed by atoms with van der Waals surface area (Å²) in [6.45, 7) is 5.45. The van der Waals surface area contributed by atoms with Gasteiger partial charge in [-0.05, 0) is 53.5 Å². The quantitative estimate of drug-likeness (QED) is 0.915. The third kappa shape index (κ3) is 3.36. The Hall–Kier alpha value is -0.250. The molecule has 1 N–H and O–H groups in total. The van der Waals surface area contributed by atoms with Crippen molar-refractivity contribution in [1.82, 2.24) is 5.32 Å². The largest absolute Gasteiger partial charge is 0.371 e. The van der Waals surface area contributed by atoms with Crippen molar-refractivity contribution in [2.75, 3.05) is 24.5 Å². The minimum atomic E-state index is 0.683. The van der Waals surface area contributed by atoms with Crippen LogP contribution in [0.3, 0.4) is 0 Å².